The maximum absolute atomic E-state index is 11.7. The van der Waals surface area contributed by atoms with Crippen molar-refractivity contribution in [1.29, 1.82) is 0 Å². The summed E-state index contributed by atoms with van der Waals surface area (Å²) < 4.78 is 5.61. The predicted molar refractivity (Wildman–Crippen MR) is 96.1 cm³/mol. The van der Waals surface area contributed by atoms with Crippen LogP contribution in [0.3, 0.4) is 0 Å². The number of hydrogen-bond acceptors (Lipinski definition) is 2. The molecular formula is C20H38O2. The molecule has 0 saturated carbocycles. The van der Waals surface area contributed by atoms with Crippen molar-refractivity contribution in [2.24, 2.45) is 0 Å². The zero-order chi connectivity index (χ0) is 16.6. The van der Waals surface area contributed by atoms with E-state index in [-0.39, 0.29) is 12.1 Å². The summed E-state index contributed by atoms with van der Waals surface area (Å²) in [6.07, 6.45) is 16.1. The van der Waals surface area contributed by atoms with Gasteiger partial charge in [-0.15, -0.1) is 0 Å². The highest BCUT2D eigenvalue weighted by atomic mass is 16.5. The first kappa shape index (κ1) is 21.2. The van der Waals surface area contributed by atoms with Gasteiger partial charge in [0.25, 0.3) is 0 Å². The molecule has 0 aliphatic rings. The van der Waals surface area contributed by atoms with Crippen molar-refractivity contribution in [3.8, 4) is 0 Å². The topological polar surface area (TPSA) is 26.3 Å². The molecule has 0 heterocycles. The minimum Gasteiger partial charge on any atom is -0.459 e. The van der Waals surface area contributed by atoms with E-state index in [0.717, 1.165) is 12.8 Å². The molecule has 1 atom stereocenters. The molecule has 1 unspecified atom stereocenters. The molecule has 0 spiro atoms. The summed E-state index contributed by atoms with van der Waals surface area (Å²) >= 11 is 0. The summed E-state index contributed by atoms with van der Waals surface area (Å²) in [5.74, 6) is -0.218. The number of hydrogen-bond donors (Lipinski definition) is 0. The van der Waals surface area contributed by atoms with E-state index >= 15 is 0 Å². The van der Waals surface area contributed by atoms with E-state index in [1.165, 1.54) is 70.6 Å². The van der Waals surface area contributed by atoms with Gasteiger partial charge in [-0.05, 0) is 32.6 Å². The third-order valence-corrected chi connectivity index (χ3v) is 4.13. The van der Waals surface area contributed by atoms with Gasteiger partial charge in [0.05, 0.1) is 0 Å². The maximum atomic E-state index is 11.7. The van der Waals surface area contributed by atoms with Crippen LogP contribution in [-0.2, 0) is 9.53 Å². The smallest absolute Gasteiger partial charge is 0.333 e. The van der Waals surface area contributed by atoms with E-state index in [9.17, 15) is 4.79 Å². The first-order valence-corrected chi connectivity index (χ1v) is 9.48. The number of carbonyl (C=O) groups is 1. The first-order chi connectivity index (χ1) is 10.6. The van der Waals surface area contributed by atoms with Gasteiger partial charge < -0.3 is 4.74 Å². The van der Waals surface area contributed by atoms with E-state index in [2.05, 4.69) is 20.4 Å². The maximum Gasteiger partial charge on any atom is 0.333 e. The highest BCUT2D eigenvalue weighted by Gasteiger charge is 2.14. The van der Waals surface area contributed by atoms with Gasteiger partial charge >= 0.3 is 5.97 Å². The molecule has 22 heavy (non-hydrogen) atoms. The minimum atomic E-state index is -0.218. The lowest BCUT2D eigenvalue weighted by molar-refractivity contribution is -0.145. The van der Waals surface area contributed by atoms with E-state index in [4.69, 9.17) is 4.74 Å². The SMILES string of the molecule is C=C(C)C(=O)OC(CCCCCCC)CCCCCCCC. The Labute approximate surface area is 138 Å². The molecular weight excluding hydrogens is 272 g/mol. The van der Waals surface area contributed by atoms with Crippen molar-refractivity contribution in [3.05, 3.63) is 12.2 Å². The zero-order valence-electron chi connectivity index (χ0n) is 15.3. The molecule has 0 radical (unpaired) electrons. The molecule has 0 saturated heterocycles. The first-order valence-electron chi connectivity index (χ1n) is 9.48. The van der Waals surface area contributed by atoms with Gasteiger partial charge in [0.1, 0.15) is 6.10 Å². The fourth-order valence-corrected chi connectivity index (χ4v) is 2.64. The standard InChI is InChI=1S/C20H38O2/c1-5-7-9-11-13-15-17-19(22-20(21)18(3)4)16-14-12-10-8-6-2/h19H,3,5-17H2,1-2,4H3. The van der Waals surface area contributed by atoms with Crippen LogP contribution < -0.4 is 0 Å². The Morgan fingerprint density at radius 2 is 1.23 bits per heavy atom. The van der Waals surface area contributed by atoms with Crippen LogP contribution in [0, 0.1) is 0 Å². The summed E-state index contributed by atoms with van der Waals surface area (Å²) in [5, 5.41) is 0. The monoisotopic (exact) mass is 310 g/mol. The molecule has 0 N–H and O–H groups in total. The highest BCUT2D eigenvalue weighted by molar-refractivity contribution is 5.87. The van der Waals surface area contributed by atoms with Crippen LogP contribution in [0.1, 0.15) is 104 Å². The Balaban J connectivity index is 3.94. The Bertz CT molecular complexity index is 283. The second kappa shape index (κ2) is 15.1. The lowest BCUT2D eigenvalue weighted by Gasteiger charge is -2.18. The quantitative estimate of drug-likeness (QED) is 0.194. The van der Waals surface area contributed by atoms with Gasteiger partial charge in [0.15, 0.2) is 0 Å². The zero-order valence-corrected chi connectivity index (χ0v) is 15.3. The van der Waals surface area contributed by atoms with Crippen molar-refractivity contribution >= 4 is 5.97 Å². The van der Waals surface area contributed by atoms with Gasteiger partial charge in [0.2, 0.25) is 0 Å². The fraction of sp³-hybridized carbons (Fsp3) is 0.850. The molecule has 0 aliphatic carbocycles. The predicted octanol–water partition coefficient (Wildman–Crippen LogP) is 6.59. The number of esters is 1. The molecule has 0 aliphatic heterocycles. The number of ether oxygens (including phenoxy) is 1. The lowest BCUT2D eigenvalue weighted by Crippen LogP contribution is -2.18. The third kappa shape index (κ3) is 12.9. The van der Waals surface area contributed by atoms with Gasteiger partial charge in [-0.25, -0.2) is 4.79 Å². The van der Waals surface area contributed by atoms with Crippen molar-refractivity contribution < 1.29 is 9.53 Å². The average molecular weight is 311 g/mol. The highest BCUT2D eigenvalue weighted by Crippen LogP contribution is 2.17. The Morgan fingerprint density at radius 1 is 0.818 bits per heavy atom. The van der Waals surface area contributed by atoms with E-state index in [1.54, 1.807) is 6.92 Å². The summed E-state index contributed by atoms with van der Waals surface area (Å²) in [6.45, 7) is 9.89. The van der Waals surface area contributed by atoms with Gasteiger partial charge in [-0.3, -0.25) is 0 Å². The van der Waals surface area contributed by atoms with Crippen LogP contribution >= 0.6 is 0 Å². The number of carbonyl (C=O) groups excluding carboxylic acids is 1. The number of unbranched alkanes of at least 4 members (excludes halogenated alkanes) is 9. The average Bonchev–Trinajstić information content (AvgIpc) is 2.49. The van der Waals surface area contributed by atoms with Crippen molar-refractivity contribution in [2.75, 3.05) is 0 Å². The molecule has 0 aromatic heterocycles. The Kier molecular flexibility index (Phi) is 14.6. The third-order valence-electron chi connectivity index (χ3n) is 4.13. The summed E-state index contributed by atoms with van der Waals surface area (Å²) in [7, 11) is 0. The Morgan fingerprint density at radius 3 is 1.64 bits per heavy atom. The molecule has 2 heteroatoms. The van der Waals surface area contributed by atoms with Crippen molar-refractivity contribution in [3.63, 3.8) is 0 Å². The van der Waals surface area contributed by atoms with Gasteiger partial charge in [0, 0.05) is 5.57 Å². The van der Waals surface area contributed by atoms with Crippen molar-refractivity contribution in [1.82, 2.24) is 0 Å². The van der Waals surface area contributed by atoms with Gasteiger partial charge in [-0.2, -0.15) is 0 Å². The van der Waals surface area contributed by atoms with Crippen LogP contribution in [0.4, 0.5) is 0 Å². The minimum absolute atomic E-state index is 0.0944. The largest absolute Gasteiger partial charge is 0.459 e. The van der Waals surface area contributed by atoms with Crippen LogP contribution in [0.25, 0.3) is 0 Å². The van der Waals surface area contributed by atoms with Crippen LogP contribution in [0.2, 0.25) is 0 Å². The Hall–Kier alpha value is -0.790. The molecule has 0 aromatic rings. The second-order valence-electron chi connectivity index (χ2n) is 6.57. The second-order valence-corrected chi connectivity index (χ2v) is 6.57. The normalized spacial score (nSPS) is 12.1. The molecule has 130 valence electrons. The number of rotatable bonds is 15. The molecule has 0 fully saturated rings. The summed E-state index contributed by atoms with van der Waals surface area (Å²) in [5.41, 5.74) is 0.513. The molecule has 0 bridgehead atoms. The van der Waals surface area contributed by atoms with Crippen LogP contribution in [-0.4, -0.2) is 12.1 Å². The van der Waals surface area contributed by atoms with E-state index in [0.29, 0.717) is 5.57 Å². The van der Waals surface area contributed by atoms with E-state index < -0.39 is 0 Å². The summed E-state index contributed by atoms with van der Waals surface area (Å²) in [6, 6.07) is 0. The lowest BCUT2D eigenvalue weighted by atomic mass is 10.0. The molecule has 0 aromatic carbocycles. The van der Waals surface area contributed by atoms with Crippen LogP contribution in [0.5, 0.6) is 0 Å². The molecule has 0 rings (SSSR count). The molecule has 0 amide bonds. The summed E-state index contributed by atoms with van der Waals surface area (Å²) in [4.78, 5) is 11.7. The fourth-order valence-electron chi connectivity index (χ4n) is 2.64. The van der Waals surface area contributed by atoms with Crippen molar-refractivity contribution in [2.45, 2.75) is 110 Å². The van der Waals surface area contributed by atoms with E-state index in [1.807, 2.05) is 0 Å². The van der Waals surface area contributed by atoms with Gasteiger partial charge in [-0.1, -0.05) is 78.2 Å². The van der Waals surface area contributed by atoms with Crippen LogP contribution in [0.15, 0.2) is 12.2 Å². The molecule has 2 nitrogen and oxygen atoms in total.